The fourth-order valence-corrected chi connectivity index (χ4v) is 5.18. The molecular weight excluding hydrogens is 514 g/mol. The number of carbonyl (C=O) groups is 3. The van der Waals surface area contributed by atoms with Gasteiger partial charge in [-0.15, -0.1) is 0 Å². The summed E-state index contributed by atoms with van der Waals surface area (Å²) in [6.45, 7) is 0.288. The van der Waals surface area contributed by atoms with Crippen LogP contribution in [-0.2, 0) is 20.7 Å². The van der Waals surface area contributed by atoms with E-state index < -0.39 is 83.5 Å². The standard InChI is InChI=1S/C27H31NO11/c1-12(10-29)38-18(6-7-28)39-16-9-27(36,17(31)11-30)8-14-20(16)26(35)22-21(24(14)33)23(32)13-4-3-5-15(37-2)19(13)25(22)34/h3-5,12,16,18,29-30,33,35-36H,6-11,28H2,1-2H3/t12-,16-,18-,27-/m0/s1. The molecule has 12 nitrogen and oxygen atoms in total. The van der Waals surface area contributed by atoms with Crippen LogP contribution in [-0.4, -0.2) is 87.7 Å². The zero-order chi connectivity index (χ0) is 28.6. The van der Waals surface area contributed by atoms with Crippen molar-refractivity contribution in [2.75, 3.05) is 26.9 Å². The molecule has 0 aromatic heterocycles. The molecule has 4 rings (SSSR count). The van der Waals surface area contributed by atoms with E-state index in [4.69, 9.17) is 19.9 Å². The summed E-state index contributed by atoms with van der Waals surface area (Å²) in [5.74, 6) is -3.80. The van der Waals surface area contributed by atoms with Gasteiger partial charge < -0.3 is 45.5 Å². The Hall–Kier alpha value is -3.39. The fourth-order valence-electron chi connectivity index (χ4n) is 5.18. The molecule has 0 amide bonds. The number of ketones is 3. The second-order valence-corrected chi connectivity index (χ2v) is 9.64. The van der Waals surface area contributed by atoms with Crippen LogP contribution in [0.4, 0.5) is 0 Å². The van der Waals surface area contributed by atoms with Gasteiger partial charge in [0.15, 0.2) is 17.9 Å². The Kier molecular flexibility index (Phi) is 8.07. The van der Waals surface area contributed by atoms with Gasteiger partial charge in [-0.2, -0.15) is 0 Å². The minimum atomic E-state index is -2.25. The predicted octanol–water partition coefficient (Wildman–Crippen LogP) is 0.250. The number of methoxy groups -OCH3 is 1. The van der Waals surface area contributed by atoms with E-state index in [-0.39, 0.29) is 47.6 Å². The molecule has 0 heterocycles. The number of benzene rings is 2. The van der Waals surface area contributed by atoms with Gasteiger partial charge in [-0.25, -0.2) is 0 Å². The topological polar surface area (TPSA) is 206 Å². The molecule has 4 atom stereocenters. The van der Waals surface area contributed by atoms with Crippen molar-refractivity contribution >= 4 is 17.3 Å². The number of nitrogens with two attached hydrogens (primary N) is 1. The lowest BCUT2D eigenvalue weighted by Crippen LogP contribution is -2.48. The summed E-state index contributed by atoms with van der Waals surface area (Å²) in [6.07, 6.45) is -4.06. The minimum Gasteiger partial charge on any atom is -0.507 e. The smallest absolute Gasteiger partial charge is 0.202 e. The van der Waals surface area contributed by atoms with Crippen molar-refractivity contribution < 1.29 is 54.1 Å². The van der Waals surface area contributed by atoms with E-state index in [0.717, 1.165) is 0 Å². The van der Waals surface area contributed by atoms with Crippen LogP contribution in [0, 0.1) is 0 Å². The number of phenolic OH excluding ortho intramolecular Hbond substituents is 2. The van der Waals surface area contributed by atoms with Gasteiger partial charge in [0.05, 0.1) is 42.6 Å². The zero-order valence-corrected chi connectivity index (χ0v) is 21.5. The lowest BCUT2D eigenvalue weighted by atomic mass is 9.72. The van der Waals surface area contributed by atoms with Crippen LogP contribution in [0.2, 0.25) is 0 Å². The second-order valence-electron chi connectivity index (χ2n) is 9.64. The molecule has 0 unspecified atom stereocenters. The molecule has 0 saturated heterocycles. The van der Waals surface area contributed by atoms with Crippen LogP contribution in [0.25, 0.3) is 0 Å². The van der Waals surface area contributed by atoms with Crippen molar-refractivity contribution in [2.24, 2.45) is 5.73 Å². The zero-order valence-electron chi connectivity index (χ0n) is 21.5. The number of rotatable bonds is 10. The summed E-state index contributed by atoms with van der Waals surface area (Å²) in [5.41, 5.74) is 2.01. The minimum absolute atomic E-state index is 0.0544. The molecule has 2 aliphatic carbocycles. The van der Waals surface area contributed by atoms with E-state index in [2.05, 4.69) is 0 Å². The normalized spacial score (nSPS) is 21.5. The average Bonchev–Trinajstić information content (AvgIpc) is 2.92. The van der Waals surface area contributed by atoms with Crippen molar-refractivity contribution in [3.8, 4) is 17.2 Å². The number of hydrogen-bond acceptors (Lipinski definition) is 12. The quantitative estimate of drug-likeness (QED) is 0.150. The molecule has 0 radical (unpaired) electrons. The number of Topliss-reactive ketones (excluding diaryl/α,β-unsaturated/α-hetero) is 1. The van der Waals surface area contributed by atoms with Gasteiger partial charge in [-0.05, 0) is 19.5 Å². The van der Waals surface area contributed by atoms with Crippen molar-refractivity contribution in [3.05, 3.63) is 51.6 Å². The summed E-state index contributed by atoms with van der Waals surface area (Å²) >= 11 is 0. The number of aromatic hydroxyl groups is 2. The van der Waals surface area contributed by atoms with Crippen molar-refractivity contribution in [2.45, 2.75) is 50.3 Å². The van der Waals surface area contributed by atoms with Crippen molar-refractivity contribution in [3.63, 3.8) is 0 Å². The first-order chi connectivity index (χ1) is 18.5. The third kappa shape index (κ3) is 4.80. The Labute approximate surface area is 223 Å². The lowest BCUT2D eigenvalue weighted by Gasteiger charge is -2.40. The maximum absolute atomic E-state index is 13.6. The summed E-state index contributed by atoms with van der Waals surface area (Å²) in [6, 6.07) is 4.36. The van der Waals surface area contributed by atoms with Crippen LogP contribution >= 0.6 is 0 Å². The predicted molar refractivity (Wildman–Crippen MR) is 134 cm³/mol. The van der Waals surface area contributed by atoms with Gasteiger partial charge in [-0.1, -0.05) is 12.1 Å². The molecule has 0 saturated carbocycles. The highest BCUT2D eigenvalue weighted by atomic mass is 16.7. The third-order valence-electron chi connectivity index (χ3n) is 7.10. The third-order valence-corrected chi connectivity index (χ3v) is 7.10. The van der Waals surface area contributed by atoms with Crippen molar-refractivity contribution in [1.82, 2.24) is 0 Å². The van der Waals surface area contributed by atoms with Gasteiger partial charge in [0.1, 0.15) is 29.5 Å². The SMILES string of the molecule is COc1cccc2c1C(=O)c1c(O)c3c(c(O)c1C2=O)C[C@@](O)(C(=O)CO)C[C@@H]3O[C@@H](CCN)O[C@@H](C)CO. The largest absolute Gasteiger partial charge is 0.507 e. The first kappa shape index (κ1) is 28.6. The van der Waals surface area contributed by atoms with E-state index in [1.165, 1.54) is 25.3 Å². The van der Waals surface area contributed by atoms with Crippen LogP contribution in [0.3, 0.4) is 0 Å². The van der Waals surface area contributed by atoms with Crippen molar-refractivity contribution in [1.29, 1.82) is 0 Å². The molecule has 2 aromatic rings. The Balaban J connectivity index is 1.94. The lowest BCUT2D eigenvalue weighted by molar-refractivity contribution is -0.212. The summed E-state index contributed by atoms with van der Waals surface area (Å²) in [4.78, 5) is 39.7. The number of fused-ring (bicyclic) bond motifs is 3. The monoisotopic (exact) mass is 545 g/mol. The highest BCUT2D eigenvalue weighted by molar-refractivity contribution is 6.31. The average molecular weight is 546 g/mol. The summed E-state index contributed by atoms with van der Waals surface area (Å²) in [7, 11) is 1.32. The number of carbonyl (C=O) groups excluding carboxylic acids is 3. The highest BCUT2D eigenvalue weighted by Crippen LogP contribution is 2.52. The highest BCUT2D eigenvalue weighted by Gasteiger charge is 2.49. The van der Waals surface area contributed by atoms with Gasteiger partial charge in [0.25, 0.3) is 0 Å². The molecule has 2 aliphatic rings. The molecule has 0 fully saturated rings. The molecule has 12 heteroatoms. The molecule has 0 aliphatic heterocycles. The van der Waals surface area contributed by atoms with E-state index in [1.54, 1.807) is 6.92 Å². The van der Waals surface area contributed by atoms with Crippen LogP contribution < -0.4 is 10.5 Å². The first-order valence-corrected chi connectivity index (χ1v) is 12.4. The van der Waals surface area contributed by atoms with E-state index in [1.807, 2.05) is 0 Å². The Bertz CT molecular complexity index is 1320. The number of phenols is 2. The Morgan fingerprint density at radius 1 is 1.13 bits per heavy atom. The molecule has 39 heavy (non-hydrogen) atoms. The van der Waals surface area contributed by atoms with Crippen LogP contribution in [0.15, 0.2) is 18.2 Å². The molecule has 0 bridgehead atoms. The molecule has 7 N–H and O–H groups in total. The van der Waals surface area contributed by atoms with Gasteiger partial charge in [-0.3, -0.25) is 14.4 Å². The Morgan fingerprint density at radius 2 is 1.82 bits per heavy atom. The maximum atomic E-state index is 13.6. The number of aliphatic hydroxyl groups is 3. The van der Waals surface area contributed by atoms with Gasteiger partial charge in [0, 0.05) is 36.0 Å². The Morgan fingerprint density at radius 3 is 2.44 bits per heavy atom. The maximum Gasteiger partial charge on any atom is 0.202 e. The molecule has 210 valence electrons. The van der Waals surface area contributed by atoms with Gasteiger partial charge in [0.2, 0.25) is 5.78 Å². The molecule has 0 spiro atoms. The van der Waals surface area contributed by atoms with E-state index >= 15 is 0 Å². The molecular formula is C27H31NO11. The van der Waals surface area contributed by atoms with Crippen LogP contribution in [0.1, 0.15) is 68.8 Å². The van der Waals surface area contributed by atoms with E-state index in [0.29, 0.717) is 0 Å². The van der Waals surface area contributed by atoms with Crippen LogP contribution in [0.5, 0.6) is 17.2 Å². The molecule has 2 aromatic carbocycles. The number of ether oxygens (including phenoxy) is 3. The first-order valence-electron chi connectivity index (χ1n) is 12.4. The van der Waals surface area contributed by atoms with E-state index in [9.17, 15) is 39.9 Å². The van der Waals surface area contributed by atoms with Gasteiger partial charge >= 0.3 is 0 Å². The number of aliphatic hydroxyl groups excluding tert-OH is 2. The summed E-state index contributed by atoms with van der Waals surface area (Å²) < 4.78 is 16.9. The number of hydrogen-bond donors (Lipinski definition) is 6. The second kappa shape index (κ2) is 11.0. The fraction of sp³-hybridized carbons (Fsp3) is 0.444. The summed E-state index contributed by atoms with van der Waals surface area (Å²) in [5, 5.41) is 53.0.